The minimum absolute atomic E-state index is 0.144. The normalized spacial score (nSPS) is 17.4. The molecule has 0 aromatic carbocycles. The molecular weight excluding hydrogens is 323 g/mol. The molecule has 0 spiro atoms. The highest BCUT2D eigenvalue weighted by atomic mass is 19.2. The smallest absolute Gasteiger partial charge is 0.487 e. The van der Waals surface area contributed by atoms with Crippen molar-refractivity contribution in [1.29, 1.82) is 5.26 Å². The molecule has 1 aromatic heterocycles. The van der Waals surface area contributed by atoms with Crippen LogP contribution in [0.1, 0.15) is 32.4 Å². The number of hydrogen-bond acceptors (Lipinski definition) is 3. The van der Waals surface area contributed by atoms with Crippen LogP contribution in [-0.2, 0) is 0 Å². The zero-order valence-electron chi connectivity index (χ0n) is 14.3. The van der Waals surface area contributed by atoms with Gasteiger partial charge in [0.15, 0.2) is 5.75 Å². The van der Waals surface area contributed by atoms with Gasteiger partial charge in [-0.2, -0.15) is 5.26 Å². The van der Waals surface area contributed by atoms with E-state index in [-0.39, 0.29) is 17.0 Å². The van der Waals surface area contributed by atoms with E-state index in [0.717, 1.165) is 22.1 Å². The molecule has 0 aliphatic carbocycles. The number of aromatic nitrogens is 1. The Morgan fingerprint density at radius 3 is 2.88 bits per heavy atom. The van der Waals surface area contributed by atoms with Crippen LogP contribution < -0.4 is 9.21 Å². The molecular formula is C18H20BF2N3O. The molecule has 3 heterocycles. The highest BCUT2D eigenvalue weighted by molar-refractivity contribution is 6.55. The first-order chi connectivity index (χ1) is 12.0. The molecule has 0 atom stereocenters. The lowest BCUT2D eigenvalue weighted by Gasteiger charge is -2.38. The van der Waals surface area contributed by atoms with Crippen molar-refractivity contribution in [1.82, 2.24) is 4.81 Å². The Morgan fingerprint density at radius 1 is 1.36 bits per heavy atom. The summed E-state index contributed by atoms with van der Waals surface area (Å²) in [5.41, 5.74) is 0.534. The third kappa shape index (κ3) is 3.04. The molecule has 130 valence electrons. The van der Waals surface area contributed by atoms with Gasteiger partial charge in [0.25, 0.3) is 0 Å². The quantitative estimate of drug-likeness (QED) is 0.605. The molecule has 2 aliphatic heterocycles. The molecule has 0 bridgehead atoms. The molecule has 0 saturated carbocycles. The molecule has 0 amide bonds. The van der Waals surface area contributed by atoms with Crippen LogP contribution in [0.5, 0.6) is 5.75 Å². The second kappa shape index (κ2) is 6.71. The third-order valence-electron chi connectivity index (χ3n) is 4.33. The number of hydrogen-bond donors (Lipinski definition) is 0. The largest absolute Gasteiger partial charge is 0.737 e. The van der Waals surface area contributed by atoms with Crippen LogP contribution >= 0.6 is 0 Å². The van der Waals surface area contributed by atoms with Gasteiger partial charge < -0.3 is 22.7 Å². The van der Waals surface area contributed by atoms with E-state index in [2.05, 4.69) is 19.9 Å². The molecule has 0 radical (unpaired) electrons. The number of fused-ring (bicyclic) bond motifs is 2. The molecule has 0 unspecified atom stereocenters. The zero-order valence-corrected chi connectivity index (χ0v) is 14.3. The Labute approximate surface area is 146 Å². The summed E-state index contributed by atoms with van der Waals surface area (Å²) < 4.78 is 36.6. The van der Waals surface area contributed by atoms with Crippen molar-refractivity contribution in [3.05, 3.63) is 54.1 Å². The molecule has 1 aromatic rings. The van der Waals surface area contributed by atoms with Gasteiger partial charge in [-0.05, 0) is 43.2 Å². The summed E-state index contributed by atoms with van der Waals surface area (Å²) in [6.45, 7) is 0.604. The number of ether oxygens (including phenoxy) is 1. The van der Waals surface area contributed by atoms with Crippen LogP contribution in [0.2, 0.25) is 0 Å². The maximum absolute atomic E-state index is 15.0. The van der Waals surface area contributed by atoms with Crippen molar-refractivity contribution in [2.45, 2.75) is 26.7 Å². The highest BCUT2D eigenvalue weighted by Crippen LogP contribution is 2.36. The van der Waals surface area contributed by atoms with Gasteiger partial charge in [0, 0.05) is 11.8 Å². The first-order valence-corrected chi connectivity index (χ1v) is 8.44. The highest BCUT2D eigenvalue weighted by Gasteiger charge is 2.53. The fraction of sp³-hybridized carbons (Fsp3) is 0.333. The van der Waals surface area contributed by atoms with Crippen LogP contribution in [0.15, 0.2) is 48.5 Å². The first-order valence-electron chi connectivity index (χ1n) is 8.44. The number of halogens is 2. The summed E-state index contributed by atoms with van der Waals surface area (Å²) in [5, 5.41) is 9.62. The molecule has 4 nitrogen and oxygen atoms in total. The first kappa shape index (κ1) is 17.2. The summed E-state index contributed by atoms with van der Waals surface area (Å²) in [6.07, 6.45) is 9.15. The number of allylic oxidation sites excluding steroid dienone is 4. The van der Waals surface area contributed by atoms with Crippen LogP contribution in [0.25, 0.3) is 5.57 Å². The van der Waals surface area contributed by atoms with E-state index in [0.29, 0.717) is 18.3 Å². The average Bonchev–Trinajstić information content (AvgIpc) is 2.59. The number of rotatable bonds is 5. The van der Waals surface area contributed by atoms with E-state index >= 15 is 0 Å². The SMILES string of the molecule is CC(C)CCCOc1ccc[n+]2c1C(C#N)=C1C=CC=CN1[B-]2(F)F. The molecule has 0 N–H and O–H groups in total. The lowest BCUT2D eigenvalue weighted by Crippen LogP contribution is -2.70. The lowest BCUT2D eigenvalue weighted by molar-refractivity contribution is -0.578. The van der Waals surface area contributed by atoms with Crippen LogP contribution in [0.4, 0.5) is 8.63 Å². The maximum atomic E-state index is 15.0. The standard InChI is InChI=1S/C18H20BF2N3O/c1-14(2)7-6-12-25-17-9-5-11-24-18(17)15(13-22)16-8-3-4-10-23(16)19(24,20)21/h3-5,8-11,14H,6-7,12H2,1-2H3. The Kier molecular flexibility index (Phi) is 4.62. The topological polar surface area (TPSA) is 40.1 Å². The number of nitriles is 1. The Balaban J connectivity index is 2.03. The summed E-state index contributed by atoms with van der Waals surface area (Å²) >= 11 is 0. The van der Waals surface area contributed by atoms with E-state index < -0.39 is 6.97 Å². The fourth-order valence-electron chi connectivity index (χ4n) is 3.11. The monoisotopic (exact) mass is 343 g/mol. The fourth-order valence-corrected chi connectivity index (χ4v) is 3.11. The minimum Gasteiger partial charge on any atom is -0.487 e. The van der Waals surface area contributed by atoms with Gasteiger partial charge in [-0.1, -0.05) is 19.9 Å². The molecule has 25 heavy (non-hydrogen) atoms. The summed E-state index contributed by atoms with van der Waals surface area (Å²) in [7, 11) is 0. The predicted molar refractivity (Wildman–Crippen MR) is 92.2 cm³/mol. The summed E-state index contributed by atoms with van der Waals surface area (Å²) in [5.74, 6) is 0.874. The molecule has 0 saturated heterocycles. The Bertz CT molecular complexity index is 809. The molecule has 2 aliphatic rings. The average molecular weight is 343 g/mol. The molecule has 0 fully saturated rings. The summed E-state index contributed by atoms with van der Waals surface area (Å²) in [6, 6.07) is 5.25. The van der Waals surface area contributed by atoms with Crippen molar-refractivity contribution in [3.63, 3.8) is 0 Å². The van der Waals surface area contributed by atoms with E-state index in [9.17, 15) is 13.9 Å². The lowest BCUT2D eigenvalue weighted by atomic mass is 9.84. The van der Waals surface area contributed by atoms with Crippen LogP contribution in [0.3, 0.4) is 0 Å². The van der Waals surface area contributed by atoms with Crippen molar-refractivity contribution in [2.24, 2.45) is 5.92 Å². The maximum Gasteiger partial charge on any atom is 0.737 e. The Morgan fingerprint density at radius 2 is 2.16 bits per heavy atom. The van der Waals surface area contributed by atoms with E-state index in [1.807, 2.05) is 0 Å². The van der Waals surface area contributed by atoms with Gasteiger partial charge >= 0.3 is 6.97 Å². The van der Waals surface area contributed by atoms with Crippen molar-refractivity contribution < 1.29 is 17.8 Å². The van der Waals surface area contributed by atoms with Crippen molar-refractivity contribution >= 4 is 12.5 Å². The van der Waals surface area contributed by atoms with Gasteiger partial charge in [0.05, 0.1) is 6.61 Å². The second-order valence-corrected chi connectivity index (χ2v) is 6.58. The van der Waals surface area contributed by atoms with E-state index in [1.165, 1.54) is 30.6 Å². The van der Waals surface area contributed by atoms with E-state index in [1.54, 1.807) is 12.1 Å². The van der Waals surface area contributed by atoms with Crippen LogP contribution in [0, 0.1) is 17.2 Å². The molecule has 7 heteroatoms. The van der Waals surface area contributed by atoms with Gasteiger partial charge in [-0.25, -0.2) is 0 Å². The zero-order chi connectivity index (χ0) is 18.0. The predicted octanol–water partition coefficient (Wildman–Crippen LogP) is 3.65. The number of pyridine rings is 1. The minimum atomic E-state index is -4.08. The molecule has 3 rings (SSSR count). The van der Waals surface area contributed by atoms with Crippen molar-refractivity contribution in [3.8, 4) is 11.8 Å². The number of nitrogens with zero attached hydrogens (tertiary/aromatic N) is 3. The van der Waals surface area contributed by atoms with E-state index in [4.69, 9.17) is 4.74 Å². The second-order valence-electron chi connectivity index (χ2n) is 6.58. The van der Waals surface area contributed by atoms with Gasteiger partial charge in [-0.15, -0.1) is 0 Å². The van der Waals surface area contributed by atoms with Gasteiger partial charge in [0.2, 0.25) is 5.69 Å². The Hall–Kier alpha value is -2.62. The third-order valence-corrected chi connectivity index (χ3v) is 4.33. The van der Waals surface area contributed by atoms with Crippen LogP contribution in [-0.4, -0.2) is 18.4 Å². The van der Waals surface area contributed by atoms with Crippen molar-refractivity contribution in [2.75, 3.05) is 6.61 Å². The summed E-state index contributed by atoms with van der Waals surface area (Å²) in [4.78, 5) is 0.869. The van der Waals surface area contributed by atoms with Gasteiger partial charge in [-0.3, -0.25) is 0 Å². The van der Waals surface area contributed by atoms with Gasteiger partial charge in [0.1, 0.15) is 17.8 Å².